The quantitative estimate of drug-likeness (QED) is 0.598. The molecule has 0 saturated carbocycles. The summed E-state index contributed by atoms with van der Waals surface area (Å²) < 4.78 is 13.1. The number of carbonyl (C=O) groups is 1. The number of aryl methyl sites for hydroxylation is 2. The number of anilines is 2. The molecule has 0 unspecified atom stereocenters. The van der Waals surface area contributed by atoms with E-state index in [0.29, 0.717) is 31.2 Å². The highest BCUT2D eigenvalue weighted by Crippen LogP contribution is 2.28. The molecule has 3 aromatic rings. The molecule has 7 nitrogen and oxygen atoms in total. The molecular weight excluding hydrogens is 419 g/mol. The number of hydrogen-bond donors (Lipinski definition) is 2. The molecule has 0 aliphatic carbocycles. The molecule has 1 saturated heterocycles. The Morgan fingerprint density at radius 2 is 1.97 bits per heavy atom. The zero-order valence-corrected chi connectivity index (χ0v) is 19.0. The number of nitrogens with zero attached hydrogens (tertiary/aromatic N) is 4. The van der Waals surface area contributed by atoms with Gasteiger partial charge in [0.2, 0.25) is 5.91 Å². The lowest BCUT2D eigenvalue weighted by atomic mass is 9.93. The van der Waals surface area contributed by atoms with Crippen LogP contribution in [0.4, 0.5) is 16.0 Å². The maximum absolute atomic E-state index is 13.1. The number of pyridine rings is 1. The van der Waals surface area contributed by atoms with E-state index in [4.69, 9.17) is 5.73 Å². The first kappa shape index (κ1) is 22.8. The molecular formula is C25H29FN6O. The van der Waals surface area contributed by atoms with Crippen LogP contribution in [0, 0.1) is 19.7 Å². The highest BCUT2D eigenvalue weighted by Gasteiger charge is 2.29. The standard InChI is InChI=1S/C25H29FN6O/c1-16-9-10-28-23(12-16)31-24-14-22(29-17(2)30-24)19-4-3-11-32(15-19)25(33)21(27)13-18-5-7-20(26)8-6-18/h5-10,12,14,19,21H,3-4,11,13,15,27H2,1-2H3,(H,28,29,30,31)/t19-,21-/m0/s1. The molecule has 2 atom stereocenters. The molecule has 0 radical (unpaired) electrons. The Balaban J connectivity index is 1.44. The fourth-order valence-electron chi connectivity index (χ4n) is 4.21. The average molecular weight is 449 g/mol. The van der Waals surface area contributed by atoms with Gasteiger partial charge in [0.25, 0.3) is 0 Å². The Bertz CT molecular complexity index is 1120. The van der Waals surface area contributed by atoms with Gasteiger partial charge in [-0.3, -0.25) is 4.79 Å². The van der Waals surface area contributed by atoms with Crippen LogP contribution in [-0.2, 0) is 11.2 Å². The molecule has 4 rings (SSSR count). The predicted octanol–water partition coefficient (Wildman–Crippen LogP) is 3.65. The summed E-state index contributed by atoms with van der Waals surface area (Å²) in [5.74, 6) is 1.80. The molecule has 3 heterocycles. The van der Waals surface area contributed by atoms with Gasteiger partial charge in [0.05, 0.1) is 11.7 Å². The summed E-state index contributed by atoms with van der Waals surface area (Å²) in [6, 6.07) is 11.3. The number of aromatic nitrogens is 3. The maximum atomic E-state index is 13.1. The number of halogens is 1. The van der Waals surface area contributed by atoms with E-state index in [-0.39, 0.29) is 17.6 Å². The van der Waals surface area contributed by atoms with E-state index in [9.17, 15) is 9.18 Å². The van der Waals surface area contributed by atoms with Gasteiger partial charge in [-0.2, -0.15) is 0 Å². The second-order valence-electron chi connectivity index (χ2n) is 8.63. The van der Waals surface area contributed by atoms with Gasteiger partial charge < -0.3 is 16.0 Å². The number of carbonyl (C=O) groups excluding carboxylic acids is 1. The molecule has 0 bridgehead atoms. The summed E-state index contributed by atoms with van der Waals surface area (Å²) in [4.78, 5) is 28.4. The molecule has 1 amide bonds. The molecule has 172 valence electrons. The first-order valence-electron chi connectivity index (χ1n) is 11.2. The van der Waals surface area contributed by atoms with Gasteiger partial charge in [0, 0.05) is 31.3 Å². The number of likely N-dealkylation sites (tertiary alicyclic amines) is 1. The molecule has 33 heavy (non-hydrogen) atoms. The van der Waals surface area contributed by atoms with Crippen LogP contribution in [0.3, 0.4) is 0 Å². The fraction of sp³-hybridized carbons (Fsp3) is 0.360. The van der Waals surface area contributed by atoms with Crippen molar-refractivity contribution < 1.29 is 9.18 Å². The smallest absolute Gasteiger partial charge is 0.239 e. The van der Waals surface area contributed by atoms with Crippen molar-refractivity contribution in [3.8, 4) is 0 Å². The second-order valence-corrected chi connectivity index (χ2v) is 8.63. The third-order valence-corrected chi connectivity index (χ3v) is 5.87. The Labute approximate surface area is 193 Å². The Hall–Kier alpha value is -3.39. The zero-order chi connectivity index (χ0) is 23.4. The molecule has 1 aliphatic rings. The molecule has 1 fully saturated rings. The predicted molar refractivity (Wildman–Crippen MR) is 126 cm³/mol. The monoisotopic (exact) mass is 448 g/mol. The molecule has 1 aromatic carbocycles. The van der Waals surface area contributed by atoms with E-state index in [1.54, 1.807) is 18.3 Å². The fourth-order valence-corrected chi connectivity index (χ4v) is 4.21. The van der Waals surface area contributed by atoms with Crippen molar-refractivity contribution in [2.75, 3.05) is 18.4 Å². The lowest BCUT2D eigenvalue weighted by Crippen LogP contribution is -2.48. The van der Waals surface area contributed by atoms with Gasteiger partial charge in [-0.1, -0.05) is 12.1 Å². The van der Waals surface area contributed by atoms with E-state index >= 15 is 0 Å². The second kappa shape index (κ2) is 10.0. The van der Waals surface area contributed by atoms with Crippen molar-refractivity contribution in [2.24, 2.45) is 5.73 Å². The first-order chi connectivity index (χ1) is 15.9. The Morgan fingerprint density at radius 1 is 1.18 bits per heavy atom. The summed E-state index contributed by atoms with van der Waals surface area (Å²) >= 11 is 0. The van der Waals surface area contributed by atoms with E-state index in [0.717, 1.165) is 35.5 Å². The largest absolute Gasteiger partial charge is 0.341 e. The number of nitrogens with two attached hydrogens (primary N) is 1. The van der Waals surface area contributed by atoms with Gasteiger partial charge in [0.1, 0.15) is 23.3 Å². The Kier molecular flexibility index (Phi) is 6.93. The topological polar surface area (TPSA) is 97.0 Å². The molecule has 3 N–H and O–H groups in total. The maximum Gasteiger partial charge on any atom is 0.239 e. The van der Waals surface area contributed by atoms with Crippen LogP contribution >= 0.6 is 0 Å². The lowest BCUT2D eigenvalue weighted by molar-refractivity contribution is -0.133. The summed E-state index contributed by atoms with van der Waals surface area (Å²) in [6.45, 7) is 5.12. The van der Waals surface area contributed by atoms with Gasteiger partial charge in [-0.05, 0) is 68.5 Å². The molecule has 1 aliphatic heterocycles. The number of benzene rings is 1. The minimum absolute atomic E-state index is 0.0860. The number of hydrogen-bond acceptors (Lipinski definition) is 6. The average Bonchev–Trinajstić information content (AvgIpc) is 2.80. The number of rotatable bonds is 6. The van der Waals surface area contributed by atoms with Crippen LogP contribution in [0.2, 0.25) is 0 Å². The van der Waals surface area contributed by atoms with Crippen molar-refractivity contribution in [3.63, 3.8) is 0 Å². The number of piperidine rings is 1. The van der Waals surface area contributed by atoms with Crippen LogP contribution in [0.5, 0.6) is 0 Å². The van der Waals surface area contributed by atoms with E-state index in [2.05, 4.69) is 20.3 Å². The normalized spacial score (nSPS) is 17.0. The van der Waals surface area contributed by atoms with Crippen LogP contribution < -0.4 is 11.1 Å². The number of amides is 1. The minimum atomic E-state index is -0.661. The third kappa shape index (κ3) is 5.90. The van der Waals surface area contributed by atoms with E-state index in [1.807, 2.05) is 36.9 Å². The van der Waals surface area contributed by atoms with Crippen molar-refractivity contribution in [1.82, 2.24) is 19.9 Å². The van der Waals surface area contributed by atoms with E-state index < -0.39 is 6.04 Å². The van der Waals surface area contributed by atoms with Gasteiger partial charge >= 0.3 is 0 Å². The van der Waals surface area contributed by atoms with E-state index in [1.165, 1.54) is 12.1 Å². The van der Waals surface area contributed by atoms with Crippen molar-refractivity contribution in [3.05, 3.63) is 77.1 Å². The third-order valence-electron chi connectivity index (χ3n) is 5.87. The number of nitrogens with one attached hydrogen (secondary N) is 1. The van der Waals surface area contributed by atoms with Crippen molar-refractivity contribution in [1.29, 1.82) is 0 Å². The highest BCUT2D eigenvalue weighted by atomic mass is 19.1. The highest BCUT2D eigenvalue weighted by molar-refractivity contribution is 5.82. The summed E-state index contributed by atoms with van der Waals surface area (Å²) in [7, 11) is 0. The Morgan fingerprint density at radius 3 is 2.73 bits per heavy atom. The summed E-state index contributed by atoms with van der Waals surface area (Å²) in [6.07, 6.45) is 3.96. The molecule has 8 heteroatoms. The lowest BCUT2D eigenvalue weighted by Gasteiger charge is -2.34. The van der Waals surface area contributed by atoms with Gasteiger partial charge in [-0.25, -0.2) is 19.3 Å². The molecule has 0 spiro atoms. The van der Waals surface area contributed by atoms with Crippen LogP contribution in [0.25, 0.3) is 0 Å². The summed E-state index contributed by atoms with van der Waals surface area (Å²) in [5.41, 5.74) is 9.08. The minimum Gasteiger partial charge on any atom is -0.341 e. The van der Waals surface area contributed by atoms with Gasteiger partial charge in [-0.15, -0.1) is 0 Å². The zero-order valence-electron chi connectivity index (χ0n) is 19.0. The summed E-state index contributed by atoms with van der Waals surface area (Å²) in [5, 5.41) is 3.26. The van der Waals surface area contributed by atoms with Crippen LogP contribution in [-0.4, -0.2) is 44.9 Å². The molecule has 2 aromatic heterocycles. The van der Waals surface area contributed by atoms with Crippen molar-refractivity contribution >= 4 is 17.5 Å². The van der Waals surface area contributed by atoms with Crippen molar-refractivity contribution in [2.45, 2.75) is 45.1 Å². The van der Waals surface area contributed by atoms with Crippen LogP contribution in [0.15, 0.2) is 48.7 Å². The van der Waals surface area contributed by atoms with Gasteiger partial charge in [0.15, 0.2) is 0 Å². The first-order valence-corrected chi connectivity index (χ1v) is 11.2. The SMILES string of the molecule is Cc1ccnc(Nc2cc([C@H]3CCCN(C(=O)[C@@H](N)Cc4ccc(F)cc4)C3)nc(C)n2)c1. The van der Waals surface area contributed by atoms with Crippen LogP contribution in [0.1, 0.15) is 41.4 Å².